The Balaban J connectivity index is 1.71. The SMILES string of the molecule is CC1(C)SC2C(NC(=O)C(N)c3ccsc3)C(=O)N2C1C(=O)O. The van der Waals surface area contributed by atoms with Gasteiger partial charge in [-0.1, -0.05) is 0 Å². The minimum Gasteiger partial charge on any atom is -0.480 e. The highest BCUT2D eigenvalue weighted by Gasteiger charge is 2.64. The maximum absolute atomic E-state index is 12.3. The van der Waals surface area contributed by atoms with Crippen molar-refractivity contribution in [3.05, 3.63) is 22.4 Å². The van der Waals surface area contributed by atoms with Gasteiger partial charge in [0.25, 0.3) is 0 Å². The lowest BCUT2D eigenvalue weighted by Gasteiger charge is -2.43. The van der Waals surface area contributed by atoms with Gasteiger partial charge in [0.15, 0.2) is 0 Å². The molecule has 2 saturated heterocycles. The van der Waals surface area contributed by atoms with Crippen LogP contribution in [0.25, 0.3) is 0 Å². The van der Waals surface area contributed by atoms with E-state index in [1.165, 1.54) is 28.0 Å². The van der Waals surface area contributed by atoms with E-state index in [1.807, 2.05) is 5.38 Å². The molecule has 23 heavy (non-hydrogen) atoms. The Morgan fingerprint density at radius 3 is 2.74 bits per heavy atom. The van der Waals surface area contributed by atoms with E-state index in [4.69, 9.17) is 5.73 Å². The minimum absolute atomic E-state index is 0.364. The lowest BCUT2D eigenvalue weighted by molar-refractivity contribution is -0.161. The number of carboxylic acids is 1. The van der Waals surface area contributed by atoms with Crippen LogP contribution in [0.3, 0.4) is 0 Å². The summed E-state index contributed by atoms with van der Waals surface area (Å²) in [5.41, 5.74) is 6.58. The standard InChI is InChI=1S/C14H17N3O4S2/c1-14(2)9(13(20)21)17-11(19)8(12(17)23-14)16-10(18)7(15)6-3-4-22-5-6/h3-5,7-9,12H,15H2,1-2H3,(H,16,18)(H,20,21). The summed E-state index contributed by atoms with van der Waals surface area (Å²) >= 11 is 2.83. The number of hydrogen-bond acceptors (Lipinski definition) is 6. The van der Waals surface area contributed by atoms with E-state index in [9.17, 15) is 19.5 Å². The first-order chi connectivity index (χ1) is 10.7. The second kappa shape index (κ2) is 5.50. The van der Waals surface area contributed by atoms with E-state index in [0.717, 1.165) is 0 Å². The molecule has 0 aromatic carbocycles. The number of carbonyl (C=O) groups is 3. The summed E-state index contributed by atoms with van der Waals surface area (Å²) in [6.45, 7) is 3.58. The van der Waals surface area contributed by atoms with Crippen LogP contribution in [0, 0.1) is 0 Å². The van der Waals surface area contributed by atoms with E-state index in [1.54, 1.807) is 25.3 Å². The van der Waals surface area contributed by atoms with Gasteiger partial charge in [-0.15, -0.1) is 11.8 Å². The summed E-state index contributed by atoms with van der Waals surface area (Å²) in [5.74, 6) is -1.83. The number of carbonyl (C=O) groups excluding carboxylic acids is 2. The van der Waals surface area contributed by atoms with Gasteiger partial charge in [-0.2, -0.15) is 11.3 Å². The largest absolute Gasteiger partial charge is 0.480 e. The average Bonchev–Trinajstić information content (AvgIpc) is 3.08. The molecular formula is C14H17N3O4S2. The number of nitrogens with zero attached hydrogens (tertiary/aromatic N) is 1. The second-order valence-electron chi connectivity index (χ2n) is 6.12. The number of nitrogens with one attached hydrogen (secondary N) is 1. The Morgan fingerprint density at radius 2 is 2.17 bits per heavy atom. The molecule has 0 aliphatic carbocycles. The van der Waals surface area contributed by atoms with Crippen molar-refractivity contribution in [2.45, 2.75) is 42.1 Å². The molecule has 2 amide bonds. The quantitative estimate of drug-likeness (QED) is 0.673. The van der Waals surface area contributed by atoms with Crippen molar-refractivity contribution in [1.29, 1.82) is 0 Å². The second-order valence-corrected chi connectivity index (χ2v) is 8.67. The highest BCUT2D eigenvalue weighted by atomic mass is 32.2. The monoisotopic (exact) mass is 355 g/mol. The molecule has 2 aliphatic heterocycles. The molecule has 9 heteroatoms. The molecule has 0 radical (unpaired) electrons. The van der Waals surface area contributed by atoms with Crippen LogP contribution in [-0.2, 0) is 14.4 Å². The molecule has 7 nitrogen and oxygen atoms in total. The zero-order valence-corrected chi connectivity index (χ0v) is 14.2. The molecule has 0 saturated carbocycles. The van der Waals surface area contributed by atoms with Gasteiger partial charge in [-0.3, -0.25) is 9.59 Å². The molecule has 4 atom stereocenters. The molecule has 1 aromatic rings. The molecule has 4 unspecified atom stereocenters. The number of fused-ring (bicyclic) bond motifs is 1. The fraction of sp³-hybridized carbons (Fsp3) is 0.500. The number of nitrogens with two attached hydrogens (primary N) is 1. The van der Waals surface area contributed by atoms with Crippen molar-refractivity contribution in [3.8, 4) is 0 Å². The number of β-lactam (4-membered cyclic amide) rings is 1. The van der Waals surface area contributed by atoms with Gasteiger partial charge in [0.1, 0.15) is 23.5 Å². The highest BCUT2D eigenvalue weighted by Crippen LogP contribution is 2.50. The van der Waals surface area contributed by atoms with Gasteiger partial charge in [-0.05, 0) is 36.2 Å². The normalized spacial score (nSPS) is 29.6. The van der Waals surface area contributed by atoms with Crippen LogP contribution < -0.4 is 11.1 Å². The summed E-state index contributed by atoms with van der Waals surface area (Å²) in [6, 6.07) is -0.681. The fourth-order valence-electron chi connectivity index (χ4n) is 2.99. The minimum atomic E-state index is -1.03. The third-order valence-electron chi connectivity index (χ3n) is 4.16. The van der Waals surface area contributed by atoms with E-state index in [-0.39, 0.29) is 11.3 Å². The first-order valence-corrected chi connectivity index (χ1v) is 8.87. The lowest BCUT2D eigenvalue weighted by Crippen LogP contribution is -2.71. The van der Waals surface area contributed by atoms with Crippen LogP contribution >= 0.6 is 23.1 Å². The zero-order valence-electron chi connectivity index (χ0n) is 12.6. The molecular weight excluding hydrogens is 338 g/mol. The number of thiophene rings is 1. The van der Waals surface area contributed by atoms with Crippen LogP contribution in [0.4, 0.5) is 0 Å². The fourth-order valence-corrected chi connectivity index (χ4v) is 5.31. The third-order valence-corrected chi connectivity index (χ3v) is 6.43. The van der Waals surface area contributed by atoms with Gasteiger partial charge in [0.05, 0.1) is 0 Å². The van der Waals surface area contributed by atoms with Crippen LogP contribution in [0.2, 0.25) is 0 Å². The average molecular weight is 355 g/mol. The molecule has 3 rings (SSSR count). The molecule has 124 valence electrons. The van der Waals surface area contributed by atoms with E-state index in [0.29, 0.717) is 5.56 Å². The Morgan fingerprint density at radius 1 is 1.48 bits per heavy atom. The lowest BCUT2D eigenvalue weighted by atomic mass is 9.96. The van der Waals surface area contributed by atoms with Crippen molar-refractivity contribution in [1.82, 2.24) is 10.2 Å². The van der Waals surface area contributed by atoms with Crippen LogP contribution in [-0.4, -0.2) is 50.0 Å². The van der Waals surface area contributed by atoms with Crippen molar-refractivity contribution in [3.63, 3.8) is 0 Å². The van der Waals surface area contributed by atoms with Crippen molar-refractivity contribution in [2.24, 2.45) is 5.73 Å². The summed E-state index contributed by atoms with van der Waals surface area (Å²) in [7, 11) is 0. The van der Waals surface area contributed by atoms with Gasteiger partial charge in [-0.25, -0.2) is 4.79 Å². The predicted octanol–water partition coefficient (Wildman–Crippen LogP) is 0.380. The van der Waals surface area contributed by atoms with E-state index in [2.05, 4.69) is 5.32 Å². The number of aliphatic carboxylic acids is 1. The Bertz CT molecular complexity index is 661. The Labute approximate surface area is 141 Å². The number of rotatable bonds is 4. The molecule has 0 bridgehead atoms. The number of carboxylic acid groups (broad SMARTS) is 1. The van der Waals surface area contributed by atoms with Gasteiger partial charge in [0, 0.05) is 4.75 Å². The molecule has 1 aromatic heterocycles. The molecule has 4 N–H and O–H groups in total. The zero-order chi connectivity index (χ0) is 16.9. The molecule has 0 spiro atoms. The maximum atomic E-state index is 12.3. The topological polar surface area (TPSA) is 113 Å². The Kier molecular flexibility index (Phi) is 3.89. The summed E-state index contributed by atoms with van der Waals surface area (Å²) in [4.78, 5) is 37.3. The predicted molar refractivity (Wildman–Crippen MR) is 86.9 cm³/mol. The van der Waals surface area contributed by atoms with E-state index < -0.39 is 34.7 Å². The van der Waals surface area contributed by atoms with Crippen molar-refractivity contribution in [2.75, 3.05) is 0 Å². The number of hydrogen-bond donors (Lipinski definition) is 3. The van der Waals surface area contributed by atoms with E-state index >= 15 is 0 Å². The number of thioether (sulfide) groups is 1. The van der Waals surface area contributed by atoms with Crippen LogP contribution in [0.5, 0.6) is 0 Å². The summed E-state index contributed by atoms with van der Waals surface area (Å²) in [6.07, 6.45) is 0. The first kappa shape index (κ1) is 16.3. The highest BCUT2D eigenvalue weighted by molar-refractivity contribution is 8.01. The molecule has 3 heterocycles. The number of amides is 2. The Hall–Kier alpha value is -1.58. The summed E-state index contributed by atoms with van der Waals surface area (Å²) < 4.78 is -0.610. The smallest absolute Gasteiger partial charge is 0.327 e. The van der Waals surface area contributed by atoms with Crippen LogP contribution in [0.15, 0.2) is 16.8 Å². The maximum Gasteiger partial charge on any atom is 0.327 e. The molecule has 2 fully saturated rings. The van der Waals surface area contributed by atoms with Crippen molar-refractivity contribution < 1.29 is 19.5 Å². The van der Waals surface area contributed by atoms with Gasteiger partial charge in [0.2, 0.25) is 11.8 Å². The molecule has 2 aliphatic rings. The van der Waals surface area contributed by atoms with Gasteiger partial charge < -0.3 is 21.1 Å². The summed E-state index contributed by atoms with van der Waals surface area (Å²) in [5, 5.41) is 15.3. The van der Waals surface area contributed by atoms with Crippen molar-refractivity contribution >= 4 is 40.9 Å². The van der Waals surface area contributed by atoms with Crippen LogP contribution in [0.1, 0.15) is 25.5 Å². The third kappa shape index (κ3) is 2.52. The first-order valence-electron chi connectivity index (χ1n) is 7.05. The van der Waals surface area contributed by atoms with Gasteiger partial charge >= 0.3 is 5.97 Å².